The molecule has 1 amide bonds. The molecule has 6 heteroatoms. The minimum absolute atomic E-state index is 0.0445. The summed E-state index contributed by atoms with van der Waals surface area (Å²) >= 11 is 0. The minimum atomic E-state index is -0.794. The van der Waals surface area contributed by atoms with Crippen molar-refractivity contribution in [1.82, 2.24) is 0 Å². The van der Waals surface area contributed by atoms with Crippen LogP contribution in [0.5, 0.6) is 5.75 Å². The van der Waals surface area contributed by atoms with E-state index in [9.17, 15) is 9.59 Å². The lowest BCUT2D eigenvalue weighted by molar-refractivity contribution is -0.119. The van der Waals surface area contributed by atoms with E-state index in [0.717, 1.165) is 0 Å². The van der Waals surface area contributed by atoms with Gasteiger partial charge in [-0.25, -0.2) is 4.79 Å². The normalized spacial score (nSPS) is 10.8. The summed E-state index contributed by atoms with van der Waals surface area (Å²) in [6.45, 7) is 5.19. The van der Waals surface area contributed by atoms with Gasteiger partial charge in [0.15, 0.2) is 0 Å². The van der Waals surface area contributed by atoms with Gasteiger partial charge in [0.05, 0.1) is 0 Å². The lowest BCUT2D eigenvalue weighted by Crippen LogP contribution is -2.26. The molecule has 0 atom stereocenters. The number of carbonyl (C=O) groups excluding carboxylic acids is 2. The van der Waals surface area contributed by atoms with E-state index in [1.807, 2.05) is 0 Å². The molecule has 0 aliphatic heterocycles. The molecule has 1 aromatic rings. The van der Waals surface area contributed by atoms with Crippen molar-refractivity contribution in [2.75, 3.05) is 19.0 Å². The summed E-state index contributed by atoms with van der Waals surface area (Å²) in [5.74, 6) is -0.00335. The fourth-order valence-electron chi connectivity index (χ4n) is 1.33. The van der Waals surface area contributed by atoms with Crippen LogP contribution in [0.25, 0.3) is 0 Å². The Hall–Kier alpha value is -2.08. The van der Waals surface area contributed by atoms with Crippen molar-refractivity contribution in [3.63, 3.8) is 0 Å². The Morgan fingerprint density at radius 1 is 1.25 bits per heavy atom. The highest BCUT2D eigenvalue weighted by atomic mass is 16.7. The van der Waals surface area contributed by atoms with E-state index in [4.69, 9.17) is 14.2 Å². The first-order valence-corrected chi connectivity index (χ1v) is 6.10. The Kier molecular flexibility index (Phi) is 5.52. The van der Waals surface area contributed by atoms with E-state index in [2.05, 4.69) is 5.32 Å². The number of nitrogens with one attached hydrogen (secondary N) is 1. The quantitative estimate of drug-likeness (QED) is 0.678. The molecule has 0 saturated carbocycles. The third kappa shape index (κ3) is 6.19. The lowest BCUT2D eigenvalue weighted by Gasteiger charge is -2.18. The zero-order valence-electron chi connectivity index (χ0n) is 12.1. The number of benzene rings is 1. The third-order valence-electron chi connectivity index (χ3n) is 1.98. The average Bonchev–Trinajstić information content (AvgIpc) is 2.26. The molecule has 0 heterocycles. The molecule has 6 nitrogen and oxygen atoms in total. The monoisotopic (exact) mass is 281 g/mol. The van der Waals surface area contributed by atoms with Gasteiger partial charge in [0, 0.05) is 18.9 Å². The van der Waals surface area contributed by atoms with Gasteiger partial charge in [-0.05, 0) is 32.9 Å². The second kappa shape index (κ2) is 6.91. The molecule has 0 spiro atoms. The van der Waals surface area contributed by atoms with Crippen molar-refractivity contribution in [3.05, 3.63) is 24.3 Å². The van der Waals surface area contributed by atoms with Gasteiger partial charge in [-0.2, -0.15) is 0 Å². The summed E-state index contributed by atoms with van der Waals surface area (Å²) in [5.41, 5.74) is -0.116. The molecule has 1 N–H and O–H groups in total. The van der Waals surface area contributed by atoms with Gasteiger partial charge in [-0.3, -0.25) is 4.79 Å². The first kappa shape index (κ1) is 16.0. The summed E-state index contributed by atoms with van der Waals surface area (Å²) < 4.78 is 14.8. The summed E-state index contributed by atoms with van der Waals surface area (Å²) in [6, 6.07) is 6.45. The van der Waals surface area contributed by atoms with Gasteiger partial charge in [0.25, 0.3) is 0 Å². The van der Waals surface area contributed by atoms with Crippen LogP contribution in [0.2, 0.25) is 0 Å². The third-order valence-corrected chi connectivity index (χ3v) is 1.98. The topological polar surface area (TPSA) is 73.9 Å². The summed E-state index contributed by atoms with van der Waals surface area (Å²) in [7, 11) is 1.43. The molecule has 0 unspecified atom stereocenters. The van der Waals surface area contributed by atoms with E-state index >= 15 is 0 Å². The summed E-state index contributed by atoms with van der Waals surface area (Å²) in [6.07, 6.45) is -0.794. The lowest BCUT2D eigenvalue weighted by atomic mass is 10.2. The number of amides is 1. The highest BCUT2D eigenvalue weighted by molar-refractivity contribution is 5.91. The molecular weight excluding hydrogens is 262 g/mol. The Balaban J connectivity index is 2.64. The summed E-state index contributed by atoms with van der Waals surface area (Å²) in [5, 5.41) is 2.61. The van der Waals surface area contributed by atoms with Crippen molar-refractivity contribution >= 4 is 17.7 Å². The van der Waals surface area contributed by atoms with Gasteiger partial charge in [0.2, 0.25) is 5.91 Å². The highest BCUT2D eigenvalue weighted by Gasteiger charge is 2.18. The maximum absolute atomic E-state index is 11.5. The van der Waals surface area contributed by atoms with Crippen LogP contribution >= 0.6 is 0 Å². The van der Waals surface area contributed by atoms with E-state index < -0.39 is 11.8 Å². The first-order chi connectivity index (χ1) is 9.30. The van der Waals surface area contributed by atoms with E-state index in [1.54, 1.807) is 39.0 Å². The van der Waals surface area contributed by atoms with Crippen LogP contribution in [0.4, 0.5) is 10.5 Å². The Bertz CT molecular complexity index is 479. The van der Waals surface area contributed by atoms with Crippen LogP contribution in [0.3, 0.4) is 0 Å². The number of hydrogen-bond donors (Lipinski definition) is 1. The van der Waals surface area contributed by atoms with Gasteiger partial charge < -0.3 is 19.5 Å². The maximum atomic E-state index is 11.5. The first-order valence-electron chi connectivity index (χ1n) is 6.10. The number of methoxy groups -OCH3 is 1. The van der Waals surface area contributed by atoms with Crippen LogP contribution in [0.15, 0.2) is 24.3 Å². The molecule has 0 aliphatic carbocycles. The van der Waals surface area contributed by atoms with Gasteiger partial charge >= 0.3 is 6.16 Å². The van der Waals surface area contributed by atoms with Crippen LogP contribution in [-0.2, 0) is 14.3 Å². The zero-order chi connectivity index (χ0) is 15.2. The van der Waals surface area contributed by atoms with Crippen LogP contribution in [0.1, 0.15) is 20.8 Å². The molecule has 0 radical (unpaired) electrons. The zero-order valence-corrected chi connectivity index (χ0v) is 12.1. The van der Waals surface area contributed by atoms with Crippen molar-refractivity contribution < 1.29 is 23.8 Å². The standard InChI is InChI=1S/C14H19NO5/c1-14(2,3)20-13(17)19-11-7-5-6-10(8-11)15-12(16)9-18-4/h5-8H,9H2,1-4H3,(H,15,16). The smallest absolute Gasteiger partial charge is 0.428 e. The predicted octanol–water partition coefficient (Wildman–Crippen LogP) is 2.59. The molecule has 0 bridgehead atoms. The van der Waals surface area contributed by atoms with E-state index in [0.29, 0.717) is 5.69 Å². The number of ether oxygens (including phenoxy) is 3. The molecule has 20 heavy (non-hydrogen) atoms. The SMILES string of the molecule is COCC(=O)Nc1cccc(OC(=O)OC(C)(C)C)c1. The van der Waals surface area contributed by atoms with Gasteiger partial charge in [-0.1, -0.05) is 6.07 Å². The Morgan fingerprint density at radius 3 is 2.55 bits per heavy atom. The van der Waals surface area contributed by atoms with Gasteiger partial charge in [-0.15, -0.1) is 0 Å². The van der Waals surface area contributed by atoms with Crippen LogP contribution < -0.4 is 10.1 Å². The fourth-order valence-corrected chi connectivity index (χ4v) is 1.33. The molecule has 0 fully saturated rings. The van der Waals surface area contributed by atoms with E-state index in [-0.39, 0.29) is 18.3 Å². The Morgan fingerprint density at radius 2 is 1.95 bits per heavy atom. The van der Waals surface area contributed by atoms with Gasteiger partial charge in [0.1, 0.15) is 18.0 Å². The molecular formula is C14H19NO5. The van der Waals surface area contributed by atoms with Crippen molar-refractivity contribution in [2.45, 2.75) is 26.4 Å². The Labute approximate surface area is 118 Å². The van der Waals surface area contributed by atoms with Crippen LogP contribution in [-0.4, -0.2) is 31.4 Å². The molecule has 0 saturated heterocycles. The number of carbonyl (C=O) groups is 2. The molecule has 1 aromatic carbocycles. The predicted molar refractivity (Wildman–Crippen MR) is 73.8 cm³/mol. The average molecular weight is 281 g/mol. The highest BCUT2D eigenvalue weighted by Crippen LogP contribution is 2.19. The molecule has 0 aromatic heterocycles. The minimum Gasteiger partial charge on any atom is -0.428 e. The second-order valence-electron chi connectivity index (χ2n) is 5.08. The number of rotatable bonds is 4. The van der Waals surface area contributed by atoms with Crippen molar-refractivity contribution in [1.29, 1.82) is 0 Å². The number of hydrogen-bond acceptors (Lipinski definition) is 5. The fraction of sp³-hybridized carbons (Fsp3) is 0.429. The summed E-state index contributed by atoms with van der Waals surface area (Å²) in [4.78, 5) is 22.9. The van der Waals surface area contributed by atoms with E-state index in [1.165, 1.54) is 13.2 Å². The van der Waals surface area contributed by atoms with Crippen molar-refractivity contribution in [3.8, 4) is 5.75 Å². The molecule has 0 aliphatic rings. The van der Waals surface area contributed by atoms with Crippen molar-refractivity contribution in [2.24, 2.45) is 0 Å². The molecule has 110 valence electrons. The van der Waals surface area contributed by atoms with Crippen LogP contribution in [0, 0.1) is 0 Å². The number of anilines is 1. The maximum Gasteiger partial charge on any atom is 0.514 e. The largest absolute Gasteiger partial charge is 0.514 e. The second-order valence-corrected chi connectivity index (χ2v) is 5.08. The molecule has 1 rings (SSSR count).